The topological polar surface area (TPSA) is 76.8 Å². The van der Waals surface area contributed by atoms with E-state index in [9.17, 15) is 14.4 Å². The quantitative estimate of drug-likeness (QED) is 0.460. The molecule has 0 aliphatic carbocycles. The summed E-state index contributed by atoms with van der Waals surface area (Å²) in [6.07, 6.45) is 0.131. The number of likely N-dealkylation sites (tertiary alicyclic amines) is 1. The van der Waals surface area contributed by atoms with Gasteiger partial charge in [-0.15, -0.1) is 0 Å². The zero-order valence-corrected chi connectivity index (χ0v) is 17.9. The lowest BCUT2D eigenvalue weighted by molar-refractivity contribution is -0.149. The molecule has 0 bridgehead atoms. The number of hydrogen-bond acceptors (Lipinski definition) is 5. The van der Waals surface area contributed by atoms with Gasteiger partial charge in [0.05, 0.1) is 12.0 Å². The van der Waals surface area contributed by atoms with Gasteiger partial charge in [-0.2, -0.15) is 0 Å². The summed E-state index contributed by atoms with van der Waals surface area (Å²) in [4.78, 5) is 39.0. The molecule has 0 radical (unpaired) electrons. The highest BCUT2D eigenvalue weighted by Crippen LogP contribution is 2.29. The lowest BCUT2D eigenvalue weighted by atomic mass is 10.0. The van der Waals surface area contributed by atoms with Crippen molar-refractivity contribution in [3.8, 4) is 0 Å². The van der Waals surface area contributed by atoms with Crippen LogP contribution in [0.4, 0.5) is 0 Å². The van der Waals surface area contributed by atoms with E-state index in [0.717, 1.165) is 22.1 Å². The second-order valence-electron chi connectivity index (χ2n) is 8.12. The summed E-state index contributed by atoms with van der Waals surface area (Å²) in [6.45, 7) is 6.08. The van der Waals surface area contributed by atoms with Gasteiger partial charge in [0.15, 0.2) is 0 Å². The molecule has 2 aromatic carbocycles. The molecule has 0 unspecified atom stereocenters. The molecule has 6 heteroatoms. The molecule has 1 aliphatic rings. The first kappa shape index (κ1) is 20.8. The predicted octanol–water partition coefficient (Wildman–Crippen LogP) is 4.06. The number of amides is 1. The van der Waals surface area contributed by atoms with E-state index in [-0.39, 0.29) is 25.0 Å². The molecule has 2 heterocycles. The summed E-state index contributed by atoms with van der Waals surface area (Å²) < 4.78 is 10.9. The van der Waals surface area contributed by atoms with Crippen molar-refractivity contribution in [1.82, 2.24) is 4.90 Å². The van der Waals surface area contributed by atoms with Gasteiger partial charge in [0.1, 0.15) is 12.2 Å². The molecule has 1 aromatic heterocycles. The number of esters is 1. The molecule has 2 atom stereocenters. The molecule has 0 spiro atoms. The molecule has 0 N–H and O–H groups in total. The average Bonchev–Trinajstić information content (AvgIpc) is 3.16. The number of nitrogens with zero attached hydrogens (tertiary/aromatic N) is 1. The lowest BCUT2D eigenvalue weighted by Gasteiger charge is -2.25. The van der Waals surface area contributed by atoms with Crippen molar-refractivity contribution in [1.29, 1.82) is 0 Å². The van der Waals surface area contributed by atoms with E-state index in [1.165, 1.54) is 6.07 Å². The van der Waals surface area contributed by atoms with E-state index in [4.69, 9.17) is 9.15 Å². The van der Waals surface area contributed by atoms with Gasteiger partial charge in [0, 0.05) is 30.0 Å². The Balaban J connectivity index is 1.47. The number of benzene rings is 2. The van der Waals surface area contributed by atoms with Crippen molar-refractivity contribution >= 4 is 22.8 Å². The Morgan fingerprint density at radius 1 is 1.16 bits per heavy atom. The Morgan fingerprint density at radius 3 is 2.65 bits per heavy atom. The van der Waals surface area contributed by atoms with Crippen LogP contribution in [0.2, 0.25) is 0 Å². The van der Waals surface area contributed by atoms with Crippen LogP contribution < -0.4 is 5.63 Å². The fraction of sp³-hybridized carbons (Fsp3) is 0.320. The van der Waals surface area contributed by atoms with Crippen LogP contribution in [0.5, 0.6) is 0 Å². The van der Waals surface area contributed by atoms with Gasteiger partial charge >= 0.3 is 11.6 Å². The minimum absolute atomic E-state index is 0.0393. The normalized spacial score (nSPS) is 17.2. The fourth-order valence-electron chi connectivity index (χ4n) is 4.09. The molecular weight excluding hydrogens is 394 g/mol. The molecule has 160 valence electrons. The van der Waals surface area contributed by atoms with Crippen molar-refractivity contribution < 1.29 is 18.7 Å². The molecule has 31 heavy (non-hydrogen) atoms. The van der Waals surface area contributed by atoms with E-state index >= 15 is 0 Å². The summed E-state index contributed by atoms with van der Waals surface area (Å²) >= 11 is 0. The molecule has 3 aromatic rings. The smallest absolute Gasteiger partial charge is 0.336 e. The monoisotopic (exact) mass is 419 g/mol. The number of aryl methyl sites for hydroxylation is 2. The Morgan fingerprint density at radius 2 is 1.90 bits per heavy atom. The lowest BCUT2D eigenvalue weighted by Crippen LogP contribution is -2.29. The van der Waals surface area contributed by atoms with Gasteiger partial charge in [0.2, 0.25) is 5.91 Å². The van der Waals surface area contributed by atoms with Gasteiger partial charge in [-0.25, -0.2) is 4.79 Å². The first-order valence-corrected chi connectivity index (χ1v) is 10.4. The summed E-state index contributed by atoms with van der Waals surface area (Å²) in [5.41, 5.74) is 3.56. The van der Waals surface area contributed by atoms with E-state index in [2.05, 4.69) is 0 Å². The van der Waals surface area contributed by atoms with Crippen molar-refractivity contribution in [2.75, 3.05) is 6.54 Å². The minimum Gasteiger partial charge on any atom is -0.461 e. The van der Waals surface area contributed by atoms with Crippen LogP contribution in [0.1, 0.15) is 41.6 Å². The SMILES string of the molecule is Cc1ccc2c(COC(=O)[C@H]3CC(=O)N([C@@H](C)c4ccccc4)C3)cc(=O)oc2c1C. The van der Waals surface area contributed by atoms with Crippen molar-refractivity contribution in [2.24, 2.45) is 5.92 Å². The van der Waals surface area contributed by atoms with Crippen LogP contribution in [-0.4, -0.2) is 23.3 Å². The highest BCUT2D eigenvalue weighted by Gasteiger charge is 2.38. The van der Waals surface area contributed by atoms with Crippen LogP contribution in [0.15, 0.2) is 57.7 Å². The summed E-state index contributed by atoms with van der Waals surface area (Å²) in [5, 5.41) is 0.748. The first-order chi connectivity index (χ1) is 14.8. The molecule has 1 fully saturated rings. The summed E-state index contributed by atoms with van der Waals surface area (Å²) in [6, 6.07) is 14.8. The van der Waals surface area contributed by atoms with Gasteiger partial charge in [0.25, 0.3) is 0 Å². The van der Waals surface area contributed by atoms with Gasteiger partial charge in [-0.3, -0.25) is 9.59 Å². The standard InChI is InChI=1S/C25H25NO5/c1-15-9-10-21-20(12-23(28)31-24(21)16(15)2)14-30-25(29)19-11-22(27)26(13-19)17(3)18-7-5-4-6-8-18/h4-10,12,17,19H,11,13-14H2,1-3H3/t17-,19-/m0/s1. The molecule has 6 nitrogen and oxygen atoms in total. The van der Waals surface area contributed by atoms with Gasteiger partial charge in [-0.05, 0) is 37.5 Å². The van der Waals surface area contributed by atoms with E-state index in [0.29, 0.717) is 17.7 Å². The van der Waals surface area contributed by atoms with Crippen LogP contribution in [0.3, 0.4) is 0 Å². The molecule has 0 saturated carbocycles. The highest BCUT2D eigenvalue weighted by atomic mass is 16.5. The van der Waals surface area contributed by atoms with E-state index < -0.39 is 17.5 Å². The molecule has 1 aliphatic heterocycles. The zero-order chi connectivity index (χ0) is 22.1. The Bertz CT molecular complexity index is 1200. The second-order valence-corrected chi connectivity index (χ2v) is 8.12. The minimum atomic E-state index is -0.519. The Hall–Kier alpha value is -3.41. The highest BCUT2D eigenvalue weighted by molar-refractivity contribution is 5.87. The van der Waals surface area contributed by atoms with Crippen LogP contribution in [0, 0.1) is 19.8 Å². The Labute approximate surface area is 180 Å². The van der Waals surface area contributed by atoms with E-state index in [1.807, 2.05) is 63.2 Å². The molecular formula is C25H25NO5. The van der Waals surface area contributed by atoms with Crippen molar-refractivity contribution in [3.63, 3.8) is 0 Å². The molecule has 4 rings (SSSR count). The van der Waals surface area contributed by atoms with Crippen LogP contribution >= 0.6 is 0 Å². The van der Waals surface area contributed by atoms with E-state index in [1.54, 1.807) is 4.90 Å². The van der Waals surface area contributed by atoms with Crippen molar-refractivity contribution in [2.45, 2.75) is 39.8 Å². The number of fused-ring (bicyclic) bond motifs is 1. The third kappa shape index (κ3) is 4.10. The maximum absolute atomic E-state index is 12.7. The van der Waals surface area contributed by atoms with Crippen molar-refractivity contribution in [3.05, 3.63) is 81.2 Å². The average molecular weight is 419 g/mol. The Kier molecular flexibility index (Phi) is 5.63. The third-order valence-corrected chi connectivity index (χ3v) is 6.13. The third-order valence-electron chi connectivity index (χ3n) is 6.13. The number of rotatable bonds is 5. The molecule has 1 amide bonds. The first-order valence-electron chi connectivity index (χ1n) is 10.4. The second kappa shape index (κ2) is 8.38. The van der Waals surface area contributed by atoms with Crippen LogP contribution in [-0.2, 0) is 20.9 Å². The number of carbonyl (C=O) groups is 2. The number of carbonyl (C=O) groups excluding carboxylic acids is 2. The maximum atomic E-state index is 12.7. The maximum Gasteiger partial charge on any atom is 0.336 e. The summed E-state index contributed by atoms with van der Waals surface area (Å²) in [7, 11) is 0. The number of hydrogen-bond donors (Lipinski definition) is 0. The van der Waals surface area contributed by atoms with Gasteiger partial charge < -0.3 is 14.1 Å². The number of ether oxygens (including phenoxy) is 1. The zero-order valence-electron chi connectivity index (χ0n) is 17.9. The van der Waals surface area contributed by atoms with Crippen LogP contribution in [0.25, 0.3) is 11.0 Å². The fourth-order valence-corrected chi connectivity index (χ4v) is 4.09. The molecule has 1 saturated heterocycles. The summed E-state index contributed by atoms with van der Waals surface area (Å²) in [5.74, 6) is -1.01. The largest absolute Gasteiger partial charge is 0.461 e. The predicted molar refractivity (Wildman–Crippen MR) is 116 cm³/mol. The van der Waals surface area contributed by atoms with Gasteiger partial charge in [-0.1, -0.05) is 42.5 Å².